The summed E-state index contributed by atoms with van der Waals surface area (Å²) in [5, 5.41) is 6.60. The third kappa shape index (κ3) is 4.82. The molecular weight excluding hydrogens is 310 g/mol. The minimum absolute atomic E-state index is 0.339. The van der Waals surface area contributed by atoms with Gasteiger partial charge in [-0.25, -0.2) is 4.79 Å². The number of benzene rings is 1. The van der Waals surface area contributed by atoms with Crippen molar-refractivity contribution in [3.63, 3.8) is 0 Å². The fourth-order valence-electron chi connectivity index (χ4n) is 2.61. The summed E-state index contributed by atoms with van der Waals surface area (Å²) in [5.41, 5.74) is 2.00. The number of amides is 1. The van der Waals surface area contributed by atoms with Gasteiger partial charge in [0.05, 0.1) is 0 Å². The van der Waals surface area contributed by atoms with E-state index in [9.17, 15) is 4.79 Å². The van der Waals surface area contributed by atoms with Gasteiger partial charge in [-0.3, -0.25) is 0 Å². The molecule has 0 bridgehead atoms. The SMILES string of the molecule is CC1Cc2ccccc2N1C(=S)NCCNC(=O)OC(C)(C)C. The third-order valence-electron chi connectivity index (χ3n) is 3.50. The highest BCUT2D eigenvalue weighted by atomic mass is 32.1. The maximum atomic E-state index is 11.6. The number of ether oxygens (including phenoxy) is 1. The number of alkyl carbamates (subject to hydrolysis) is 1. The molecule has 1 amide bonds. The van der Waals surface area contributed by atoms with Gasteiger partial charge in [0.25, 0.3) is 0 Å². The monoisotopic (exact) mass is 335 g/mol. The first-order valence-electron chi connectivity index (χ1n) is 7.90. The van der Waals surface area contributed by atoms with Crippen LogP contribution >= 0.6 is 12.2 Å². The van der Waals surface area contributed by atoms with Gasteiger partial charge in [0.15, 0.2) is 5.11 Å². The van der Waals surface area contributed by atoms with Gasteiger partial charge < -0.3 is 20.3 Å². The average molecular weight is 335 g/mol. The summed E-state index contributed by atoms with van der Waals surface area (Å²) in [5.74, 6) is 0. The van der Waals surface area contributed by atoms with Crippen LogP contribution < -0.4 is 15.5 Å². The minimum atomic E-state index is -0.485. The first kappa shape index (κ1) is 17.5. The molecule has 2 rings (SSSR count). The second kappa shape index (κ2) is 7.17. The van der Waals surface area contributed by atoms with Crippen molar-refractivity contribution in [3.8, 4) is 0 Å². The normalized spacial score (nSPS) is 16.7. The molecule has 1 aliphatic heterocycles. The molecule has 1 aliphatic rings. The Kier molecular flexibility index (Phi) is 5.46. The lowest BCUT2D eigenvalue weighted by Crippen LogP contribution is -2.45. The standard InChI is InChI=1S/C17H25N3O2S/c1-12-11-13-7-5-6-8-14(13)20(12)15(23)18-9-10-19-16(21)22-17(2,3)4/h5-8,12H,9-11H2,1-4H3,(H,18,23)(H,19,21). The fraction of sp³-hybridized carbons (Fsp3) is 0.529. The van der Waals surface area contributed by atoms with Crippen molar-refractivity contribution in [2.24, 2.45) is 0 Å². The predicted octanol–water partition coefficient (Wildman–Crippen LogP) is 2.84. The topological polar surface area (TPSA) is 53.6 Å². The van der Waals surface area contributed by atoms with Crippen molar-refractivity contribution in [1.29, 1.82) is 0 Å². The van der Waals surface area contributed by atoms with Crippen LogP contribution in [0.5, 0.6) is 0 Å². The Morgan fingerprint density at radius 2 is 1.96 bits per heavy atom. The van der Waals surface area contributed by atoms with Gasteiger partial charge >= 0.3 is 6.09 Å². The molecule has 0 saturated carbocycles. The summed E-state index contributed by atoms with van der Waals surface area (Å²) < 4.78 is 5.19. The second-order valence-corrected chi connectivity index (χ2v) is 7.10. The fourth-order valence-corrected chi connectivity index (χ4v) is 2.99. The molecule has 0 radical (unpaired) electrons. The summed E-state index contributed by atoms with van der Waals surface area (Å²) in [6.45, 7) is 8.69. The first-order valence-corrected chi connectivity index (χ1v) is 8.30. The van der Waals surface area contributed by atoms with Gasteiger partial charge in [-0.15, -0.1) is 0 Å². The lowest BCUT2D eigenvalue weighted by Gasteiger charge is -2.26. The number of carbonyl (C=O) groups excluding carboxylic acids is 1. The van der Waals surface area contributed by atoms with E-state index in [1.165, 1.54) is 5.56 Å². The number of anilines is 1. The zero-order valence-corrected chi connectivity index (χ0v) is 15.0. The van der Waals surface area contributed by atoms with Gasteiger partial charge in [-0.05, 0) is 58.0 Å². The third-order valence-corrected chi connectivity index (χ3v) is 3.84. The highest BCUT2D eigenvalue weighted by Crippen LogP contribution is 2.31. The Balaban J connectivity index is 1.79. The molecular formula is C17H25N3O2S. The van der Waals surface area contributed by atoms with E-state index in [1.54, 1.807) is 0 Å². The van der Waals surface area contributed by atoms with Crippen LogP contribution in [0.15, 0.2) is 24.3 Å². The van der Waals surface area contributed by atoms with Crippen molar-refractivity contribution < 1.29 is 9.53 Å². The van der Waals surface area contributed by atoms with Crippen LogP contribution in [0.3, 0.4) is 0 Å². The Labute approximate surface area is 143 Å². The molecule has 0 saturated heterocycles. The van der Waals surface area contributed by atoms with Gasteiger partial charge in [0, 0.05) is 24.8 Å². The zero-order chi connectivity index (χ0) is 17.0. The molecule has 2 N–H and O–H groups in total. The molecule has 0 aliphatic carbocycles. The van der Waals surface area contributed by atoms with Crippen LogP contribution in [-0.2, 0) is 11.2 Å². The quantitative estimate of drug-likeness (QED) is 0.657. The van der Waals surface area contributed by atoms with Crippen molar-refractivity contribution >= 4 is 29.1 Å². The Morgan fingerprint density at radius 1 is 1.30 bits per heavy atom. The molecule has 1 atom stereocenters. The van der Waals surface area contributed by atoms with Gasteiger partial charge in [0.1, 0.15) is 5.60 Å². The molecule has 0 spiro atoms. The van der Waals surface area contributed by atoms with E-state index >= 15 is 0 Å². The van der Waals surface area contributed by atoms with E-state index in [2.05, 4.69) is 40.7 Å². The number of hydrogen-bond donors (Lipinski definition) is 2. The van der Waals surface area contributed by atoms with E-state index in [0.29, 0.717) is 24.2 Å². The Morgan fingerprint density at radius 3 is 2.65 bits per heavy atom. The van der Waals surface area contributed by atoms with Crippen LogP contribution in [0.1, 0.15) is 33.3 Å². The number of fused-ring (bicyclic) bond motifs is 1. The van der Waals surface area contributed by atoms with Crippen molar-refractivity contribution in [2.75, 3.05) is 18.0 Å². The van der Waals surface area contributed by atoms with E-state index in [0.717, 1.165) is 12.1 Å². The molecule has 1 aromatic carbocycles. The van der Waals surface area contributed by atoms with E-state index in [4.69, 9.17) is 17.0 Å². The second-order valence-electron chi connectivity index (χ2n) is 6.71. The van der Waals surface area contributed by atoms with Crippen LogP contribution in [0, 0.1) is 0 Å². The maximum Gasteiger partial charge on any atom is 0.407 e. The highest BCUT2D eigenvalue weighted by Gasteiger charge is 2.28. The number of carbonyl (C=O) groups is 1. The number of hydrogen-bond acceptors (Lipinski definition) is 3. The number of nitrogens with zero attached hydrogens (tertiary/aromatic N) is 1. The average Bonchev–Trinajstić information content (AvgIpc) is 2.77. The lowest BCUT2D eigenvalue weighted by atomic mass is 10.1. The minimum Gasteiger partial charge on any atom is -0.444 e. The van der Waals surface area contributed by atoms with E-state index < -0.39 is 11.7 Å². The molecule has 5 nitrogen and oxygen atoms in total. The molecule has 1 heterocycles. The molecule has 1 aromatic rings. The van der Waals surface area contributed by atoms with Crippen molar-refractivity contribution in [2.45, 2.75) is 45.8 Å². The summed E-state index contributed by atoms with van der Waals surface area (Å²) in [6, 6.07) is 8.64. The summed E-state index contributed by atoms with van der Waals surface area (Å²) >= 11 is 5.50. The van der Waals surface area contributed by atoms with Gasteiger partial charge in [0.2, 0.25) is 0 Å². The van der Waals surface area contributed by atoms with Crippen molar-refractivity contribution in [1.82, 2.24) is 10.6 Å². The van der Waals surface area contributed by atoms with Crippen LogP contribution in [0.4, 0.5) is 10.5 Å². The summed E-state index contributed by atoms with van der Waals surface area (Å²) in [6.07, 6.45) is 0.582. The first-order chi connectivity index (χ1) is 10.8. The number of nitrogens with one attached hydrogen (secondary N) is 2. The Hall–Kier alpha value is -1.82. The van der Waals surface area contributed by atoms with Crippen LogP contribution in [-0.4, -0.2) is 35.9 Å². The zero-order valence-electron chi connectivity index (χ0n) is 14.2. The van der Waals surface area contributed by atoms with Gasteiger partial charge in [-0.2, -0.15) is 0 Å². The summed E-state index contributed by atoms with van der Waals surface area (Å²) in [7, 11) is 0. The lowest BCUT2D eigenvalue weighted by molar-refractivity contribution is 0.0529. The largest absolute Gasteiger partial charge is 0.444 e. The van der Waals surface area contributed by atoms with Crippen LogP contribution in [0.2, 0.25) is 0 Å². The number of rotatable bonds is 3. The number of thiocarbonyl (C=S) groups is 1. The Bertz CT molecular complexity index is 583. The molecule has 1 unspecified atom stereocenters. The molecule has 126 valence electrons. The predicted molar refractivity (Wildman–Crippen MR) is 96.9 cm³/mol. The maximum absolute atomic E-state index is 11.6. The smallest absolute Gasteiger partial charge is 0.407 e. The van der Waals surface area contributed by atoms with E-state index in [1.807, 2.05) is 26.8 Å². The highest BCUT2D eigenvalue weighted by molar-refractivity contribution is 7.80. The van der Waals surface area contributed by atoms with Crippen molar-refractivity contribution in [3.05, 3.63) is 29.8 Å². The summed E-state index contributed by atoms with van der Waals surface area (Å²) in [4.78, 5) is 13.7. The number of para-hydroxylation sites is 1. The van der Waals surface area contributed by atoms with E-state index in [-0.39, 0.29) is 0 Å². The molecule has 0 aromatic heterocycles. The molecule has 0 fully saturated rings. The van der Waals surface area contributed by atoms with Gasteiger partial charge in [-0.1, -0.05) is 18.2 Å². The van der Waals surface area contributed by atoms with Crippen LogP contribution in [0.25, 0.3) is 0 Å². The molecule has 6 heteroatoms. The molecule has 23 heavy (non-hydrogen) atoms.